The number of esters is 1. The molecule has 0 saturated carbocycles. The second-order valence-electron chi connectivity index (χ2n) is 8.31. The van der Waals surface area contributed by atoms with Crippen molar-refractivity contribution in [2.75, 3.05) is 24.3 Å². The van der Waals surface area contributed by atoms with Crippen molar-refractivity contribution in [2.24, 2.45) is 5.41 Å². The number of benzene rings is 2. The zero-order valence-corrected chi connectivity index (χ0v) is 19.4. The lowest BCUT2D eigenvalue weighted by molar-refractivity contribution is 0.0302. The lowest BCUT2D eigenvalue weighted by atomic mass is 9.79. The Labute approximate surface area is 189 Å². The molecular weight excluding hydrogens is 408 g/mol. The molecule has 0 aromatic heterocycles. The molecule has 2 aromatic rings. The molecule has 0 spiro atoms. The SMILES string of the molecule is CCOc1ccc(C(=O)OCC(C)(C)C2CC(SCC)c3cc(C#N)ccc3N2)cc1. The van der Waals surface area contributed by atoms with Crippen LogP contribution in [-0.2, 0) is 4.74 Å². The van der Waals surface area contributed by atoms with Crippen molar-refractivity contribution in [3.63, 3.8) is 0 Å². The number of nitrogens with zero attached hydrogens (tertiary/aromatic N) is 1. The number of hydrogen-bond donors (Lipinski definition) is 1. The van der Waals surface area contributed by atoms with Crippen LogP contribution in [-0.4, -0.2) is 31.0 Å². The quantitative estimate of drug-likeness (QED) is 0.524. The summed E-state index contributed by atoms with van der Waals surface area (Å²) >= 11 is 1.89. The molecule has 2 atom stereocenters. The van der Waals surface area contributed by atoms with Gasteiger partial charge in [0.2, 0.25) is 0 Å². The minimum Gasteiger partial charge on any atom is -0.494 e. The number of hydrogen-bond acceptors (Lipinski definition) is 6. The summed E-state index contributed by atoms with van der Waals surface area (Å²) in [5.74, 6) is 1.41. The van der Waals surface area contributed by atoms with Crippen LogP contribution in [0.25, 0.3) is 0 Å². The average Bonchev–Trinajstić information content (AvgIpc) is 2.78. The predicted molar refractivity (Wildman–Crippen MR) is 126 cm³/mol. The molecule has 1 aliphatic rings. The second kappa shape index (κ2) is 10.1. The fraction of sp³-hybridized carbons (Fsp3) is 0.440. The van der Waals surface area contributed by atoms with E-state index in [0.717, 1.165) is 23.6 Å². The monoisotopic (exact) mass is 438 g/mol. The van der Waals surface area contributed by atoms with Crippen LogP contribution in [0.2, 0.25) is 0 Å². The summed E-state index contributed by atoms with van der Waals surface area (Å²) in [6.07, 6.45) is 0.911. The zero-order chi connectivity index (χ0) is 22.4. The standard InChI is InChI=1S/C25H30N2O3S/c1-5-29-19-10-8-18(9-11-19)24(28)30-16-25(3,4)23-14-22(31-6-2)20-13-17(15-26)7-12-21(20)27-23/h7-13,22-23,27H,5-6,14,16H2,1-4H3. The minimum absolute atomic E-state index is 0.144. The van der Waals surface area contributed by atoms with Crippen molar-refractivity contribution in [2.45, 2.75) is 45.4 Å². The first kappa shape index (κ1) is 23.0. The molecule has 0 aliphatic carbocycles. The van der Waals surface area contributed by atoms with Gasteiger partial charge in [0.25, 0.3) is 0 Å². The first-order valence-corrected chi connectivity index (χ1v) is 11.7. The van der Waals surface area contributed by atoms with E-state index in [2.05, 4.69) is 32.2 Å². The van der Waals surface area contributed by atoms with Gasteiger partial charge in [-0.05, 0) is 67.1 Å². The van der Waals surface area contributed by atoms with E-state index in [0.29, 0.717) is 29.6 Å². The number of fused-ring (bicyclic) bond motifs is 1. The predicted octanol–water partition coefficient (Wildman–Crippen LogP) is 5.82. The fourth-order valence-corrected chi connectivity index (χ4v) is 4.89. The van der Waals surface area contributed by atoms with Crippen LogP contribution in [0, 0.1) is 16.7 Å². The molecule has 0 bridgehead atoms. The maximum atomic E-state index is 12.6. The van der Waals surface area contributed by atoms with Crippen molar-refractivity contribution in [3.05, 3.63) is 59.2 Å². The molecule has 0 radical (unpaired) electrons. The van der Waals surface area contributed by atoms with Crippen LogP contribution in [0.1, 0.15) is 60.9 Å². The van der Waals surface area contributed by atoms with E-state index in [1.807, 2.05) is 36.9 Å². The minimum atomic E-state index is -0.328. The molecule has 2 unspecified atom stereocenters. The Balaban J connectivity index is 1.69. The molecule has 3 rings (SSSR count). The zero-order valence-electron chi connectivity index (χ0n) is 18.6. The van der Waals surface area contributed by atoms with E-state index in [-0.39, 0.29) is 17.4 Å². The Bertz CT molecular complexity index is 950. The van der Waals surface area contributed by atoms with Gasteiger partial charge < -0.3 is 14.8 Å². The highest BCUT2D eigenvalue weighted by Crippen LogP contribution is 2.45. The van der Waals surface area contributed by atoms with Gasteiger partial charge in [-0.15, -0.1) is 0 Å². The van der Waals surface area contributed by atoms with Crippen LogP contribution in [0.15, 0.2) is 42.5 Å². The van der Waals surface area contributed by atoms with Crippen LogP contribution in [0.5, 0.6) is 5.75 Å². The maximum Gasteiger partial charge on any atom is 0.338 e. The van der Waals surface area contributed by atoms with Gasteiger partial charge in [0.15, 0.2) is 0 Å². The highest BCUT2D eigenvalue weighted by molar-refractivity contribution is 7.99. The molecule has 0 fully saturated rings. The number of nitrogens with one attached hydrogen (secondary N) is 1. The van der Waals surface area contributed by atoms with Gasteiger partial charge in [-0.3, -0.25) is 0 Å². The van der Waals surface area contributed by atoms with Gasteiger partial charge in [-0.2, -0.15) is 17.0 Å². The van der Waals surface area contributed by atoms with E-state index in [1.54, 1.807) is 24.3 Å². The van der Waals surface area contributed by atoms with Gasteiger partial charge in [-0.1, -0.05) is 20.8 Å². The largest absolute Gasteiger partial charge is 0.494 e. The molecule has 0 saturated heterocycles. The molecule has 31 heavy (non-hydrogen) atoms. The molecule has 5 nitrogen and oxygen atoms in total. The number of anilines is 1. The molecule has 1 aliphatic heterocycles. The average molecular weight is 439 g/mol. The van der Waals surface area contributed by atoms with Crippen LogP contribution in [0.3, 0.4) is 0 Å². The highest BCUT2D eigenvalue weighted by atomic mass is 32.2. The van der Waals surface area contributed by atoms with Crippen molar-refractivity contribution in [1.29, 1.82) is 5.26 Å². The Morgan fingerprint density at radius 1 is 1.23 bits per heavy atom. The number of ether oxygens (including phenoxy) is 2. The number of thioether (sulfide) groups is 1. The molecule has 0 amide bonds. The number of nitriles is 1. The van der Waals surface area contributed by atoms with Gasteiger partial charge >= 0.3 is 5.97 Å². The third kappa shape index (κ3) is 5.54. The fourth-order valence-electron chi connectivity index (χ4n) is 3.78. The summed E-state index contributed by atoms with van der Waals surface area (Å²) in [6.45, 7) is 9.22. The van der Waals surface area contributed by atoms with Crippen molar-refractivity contribution >= 4 is 23.4 Å². The highest BCUT2D eigenvalue weighted by Gasteiger charge is 2.37. The van der Waals surface area contributed by atoms with Gasteiger partial charge in [0.05, 0.1) is 30.4 Å². The first-order valence-electron chi connectivity index (χ1n) is 10.7. The van der Waals surface area contributed by atoms with Crippen molar-refractivity contribution in [1.82, 2.24) is 0 Å². The third-order valence-electron chi connectivity index (χ3n) is 5.59. The van der Waals surface area contributed by atoms with Gasteiger partial charge in [-0.25, -0.2) is 4.79 Å². The summed E-state index contributed by atoms with van der Waals surface area (Å²) in [6, 6.07) is 15.2. The van der Waals surface area contributed by atoms with E-state index < -0.39 is 0 Å². The summed E-state index contributed by atoms with van der Waals surface area (Å²) in [5.41, 5.74) is 3.18. The number of rotatable bonds is 8. The number of carbonyl (C=O) groups excluding carboxylic acids is 1. The summed E-state index contributed by atoms with van der Waals surface area (Å²) < 4.78 is 11.1. The molecule has 164 valence electrons. The normalized spacial score (nSPS) is 17.8. The van der Waals surface area contributed by atoms with Crippen LogP contribution < -0.4 is 10.1 Å². The Morgan fingerprint density at radius 2 is 1.97 bits per heavy atom. The molecule has 1 N–H and O–H groups in total. The van der Waals surface area contributed by atoms with Crippen molar-refractivity contribution < 1.29 is 14.3 Å². The first-order chi connectivity index (χ1) is 14.9. The summed E-state index contributed by atoms with van der Waals surface area (Å²) in [7, 11) is 0. The Morgan fingerprint density at radius 3 is 2.61 bits per heavy atom. The topological polar surface area (TPSA) is 71.3 Å². The lowest BCUT2D eigenvalue weighted by Gasteiger charge is -2.41. The Kier molecular flexibility index (Phi) is 7.50. The second-order valence-corrected chi connectivity index (χ2v) is 9.79. The maximum absolute atomic E-state index is 12.6. The number of carbonyl (C=O) groups is 1. The smallest absolute Gasteiger partial charge is 0.338 e. The molecule has 6 heteroatoms. The van der Waals surface area contributed by atoms with Gasteiger partial charge in [0, 0.05) is 22.4 Å². The van der Waals surface area contributed by atoms with Crippen LogP contribution in [0.4, 0.5) is 5.69 Å². The summed E-state index contributed by atoms with van der Waals surface area (Å²) in [4.78, 5) is 12.6. The van der Waals surface area contributed by atoms with E-state index in [1.165, 1.54) is 5.56 Å². The van der Waals surface area contributed by atoms with Crippen LogP contribution >= 0.6 is 11.8 Å². The molecule has 2 aromatic carbocycles. The molecule has 1 heterocycles. The van der Waals surface area contributed by atoms with Gasteiger partial charge in [0.1, 0.15) is 5.75 Å². The van der Waals surface area contributed by atoms with E-state index >= 15 is 0 Å². The Hall–Kier alpha value is -2.65. The lowest BCUT2D eigenvalue weighted by Crippen LogP contribution is -2.43. The third-order valence-corrected chi connectivity index (χ3v) is 6.78. The summed E-state index contributed by atoms with van der Waals surface area (Å²) in [5, 5.41) is 13.2. The van der Waals surface area contributed by atoms with E-state index in [4.69, 9.17) is 9.47 Å². The molecular formula is C25H30N2O3S. The van der Waals surface area contributed by atoms with Crippen molar-refractivity contribution in [3.8, 4) is 11.8 Å². The van der Waals surface area contributed by atoms with E-state index in [9.17, 15) is 10.1 Å².